The second kappa shape index (κ2) is 11.0. The Balaban J connectivity index is 1.37. The largest absolute Gasteiger partial charge is 0.325 e. The first kappa shape index (κ1) is 23.5. The summed E-state index contributed by atoms with van der Waals surface area (Å²) in [6, 6.07) is 15.0. The van der Waals surface area contributed by atoms with Gasteiger partial charge in [-0.05, 0) is 68.6 Å². The highest BCUT2D eigenvalue weighted by Gasteiger charge is 2.19. The van der Waals surface area contributed by atoms with E-state index in [-0.39, 0.29) is 11.7 Å². The lowest BCUT2D eigenvalue weighted by molar-refractivity contribution is -0.113. The molecule has 1 N–H and O–H groups in total. The van der Waals surface area contributed by atoms with Gasteiger partial charge in [-0.3, -0.25) is 14.3 Å². The predicted molar refractivity (Wildman–Crippen MR) is 135 cm³/mol. The van der Waals surface area contributed by atoms with Gasteiger partial charge in [0.25, 0.3) is 0 Å². The van der Waals surface area contributed by atoms with E-state index in [1.54, 1.807) is 6.33 Å². The first-order valence-electron chi connectivity index (χ1n) is 11.7. The number of hydrogen-bond donors (Lipinski definition) is 1. The lowest BCUT2D eigenvalue weighted by atomic mass is 9.94. The van der Waals surface area contributed by atoms with Crippen LogP contribution in [0.4, 0.5) is 5.69 Å². The highest BCUT2D eigenvalue weighted by atomic mass is 32.2. The number of rotatable bonds is 8. The molecule has 174 valence electrons. The molecule has 0 unspecified atom stereocenters. The van der Waals surface area contributed by atoms with Gasteiger partial charge in [-0.25, -0.2) is 0 Å². The Hall–Kier alpha value is -2.64. The SMILES string of the molecule is Cc1ccc(-n2cnnc2SCC(=O)Nc2ccccc2CN(C)C2CCCCC2)cc1C. The van der Waals surface area contributed by atoms with E-state index >= 15 is 0 Å². The number of carbonyl (C=O) groups excluding carboxylic acids is 1. The van der Waals surface area contributed by atoms with Crippen LogP contribution in [-0.2, 0) is 11.3 Å². The number of carbonyl (C=O) groups is 1. The third-order valence-corrected chi connectivity index (χ3v) is 7.47. The van der Waals surface area contributed by atoms with Gasteiger partial charge in [0, 0.05) is 24.0 Å². The number of para-hydroxylation sites is 1. The molecule has 1 fully saturated rings. The average molecular weight is 464 g/mol. The Morgan fingerprint density at radius 1 is 1.12 bits per heavy atom. The van der Waals surface area contributed by atoms with E-state index in [4.69, 9.17) is 0 Å². The molecule has 1 saturated carbocycles. The maximum atomic E-state index is 12.8. The molecular formula is C26H33N5OS. The van der Waals surface area contributed by atoms with Crippen LogP contribution in [0, 0.1) is 13.8 Å². The van der Waals surface area contributed by atoms with Crippen LogP contribution in [-0.4, -0.2) is 44.4 Å². The summed E-state index contributed by atoms with van der Waals surface area (Å²) < 4.78 is 1.93. The monoisotopic (exact) mass is 463 g/mol. The molecule has 0 bridgehead atoms. The van der Waals surface area contributed by atoms with E-state index < -0.39 is 0 Å². The van der Waals surface area contributed by atoms with E-state index in [0.29, 0.717) is 11.2 Å². The number of hydrogen-bond acceptors (Lipinski definition) is 5. The van der Waals surface area contributed by atoms with Crippen molar-refractivity contribution < 1.29 is 4.79 Å². The minimum absolute atomic E-state index is 0.0394. The van der Waals surface area contributed by atoms with Crippen LogP contribution in [0.25, 0.3) is 5.69 Å². The summed E-state index contributed by atoms with van der Waals surface area (Å²) in [6.07, 6.45) is 8.22. The van der Waals surface area contributed by atoms with Crippen molar-refractivity contribution in [1.82, 2.24) is 19.7 Å². The second-order valence-corrected chi connectivity index (χ2v) is 9.90. The highest BCUT2D eigenvalue weighted by Crippen LogP contribution is 2.26. The molecule has 2 aromatic carbocycles. The lowest BCUT2D eigenvalue weighted by Gasteiger charge is -2.31. The van der Waals surface area contributed by atoms with Gasteiger partial charge in [0.2, 0.25) is 5.91 Å². The minimum atomic E-state index is -0.0394. The predicted octanol–water partition coefficient (Wildman–Crippen LogP) is 5.38. The molecule has 0 saturated heterocycles. The maximum Gasteiger partial charge on any atom is 0.234 e. The normalized spacial score (nSPS) is 14.5. The first-order chi connectivity index (χ1) is 16.0. The molecular weight excluding hydrogens is 430 g/mol. The van der Waals surface area contributed by atoms with E-state index in [1.807, 2.05) is 22.8 Å². The number of nitrogens with one attached hydrogen (secondary N) is 1. The van der Waals surface area contributed by atoms with Gasteiger partial charge < -0.3 is 5.32 Å². The summed E-state index contributed by atoms with van der Waals surface area (Å²) >= 11 is 1.40. The summed E-state index contributed by atoms with van der Waals surface area (Å²) in [5, 5.41) is 12.1. The fourth-order valence-electron chi connectivity index (χ4n) is 4.39. The maximum absolute atomic E-state index is 12.8. The Kier molecular flexibility index (Phi) is 7.83. The van der Waals surface area contributed by atoms with Crippen molar-refractivity contribution >= 4 is 23.4 Å². The third kappa shape index (κ3) is 6.03. The average Bonchev–Trinajstić information content (AvgIpc) is 3.30. The molecule has 0 radical (unpaired) electrons. The molecule has 0 aliphatic heterocycles. The summed E-state index contributed by atoms with van der Waals surface area (Å²) in [5.41, 5.74) is 5.50. The van der Waals surface area contributed by atoms with E-state index in [9.17, 15) is 4.79 Å². The van der Waals surface area contributed by atoms with Crippen LogP contribution >= 0.6 is 11.8 Å². The fraction of sp³-hybridized carbons (Fsp3) is 0.423. The number of aryl methyl sites for hydroxylation is 2. The molecule has 1 aliphatic rings. The number of benzene rings is 2. The number of thioether (sulfide) groups is 1. The molecule has 7 heteroatoms. The molecule has 1 heterocycles. The van der Waals surface area contributed by atoms with Crippen molar-refractivity contribution in [2.24, 2.45) is 0 Å². The van der Waals surface area contributed by atoms with Crippen molar-refractivity contribution in [3.63, 3.8) is 0 Å². The smallest absolute Gasteiger partial charge is 0.234 e. The van der Waals surface area contributed by atoms with Crippen LogP contribution in [0.1, 0.15) is 48.8 Å². The van der Waals surface area contributed by atoms with Crippen molar-refractivity contribution in [1.29, 1.82) is 0 Å². The number of nitrogens with zero attached hydrogens (tertiary/aromatic N) is 4. The zero-order chi connectivity index (χ0) is 23.2. The van der Waals surface area contributed by atoms with Gasteiger partial charge in [-0.15, -0.1) is 10.2 Å². The quantitative estimate of drug-likeness (QED) is 0.455. The lowest BCUT2D eigenvalue weighted by Crippen LogP contribution is -2.33. The van der Waals surface area contributed by atoms with Crippen LogP contribution in [0.5, 0.6) is 0 Å². The summed E-state index contributed by atoms with van der Waals surface area (Å²) in [5.74, 6) is 0.235. The number of amides is 1. The van der Waals surface area contributed by atoms with Crippen molar-refractivity contribution in [3.8, 4) is 5.69 Å². The molecule has 6 nitrogen and oxygen atoms in total. The van der Waals surface area contributed by atoms with Crippen molar-refractivity contribution in [3.05, 3.63) is 65.5 Å². The molecule has 1 amide bonds. The van der Waals surface area contributed by atoms with Crippen LogP contribution in [0.3, 0.4) is 0 Å². The first-order valence-corrected chi connectivity index (χ1v) is 12.7. The highest BCUT2D eigenvalue weighted by molar-refractivity contribution is 7.99. The van der Waals surface area contributed by atoms with Gasteiger partial charge in [-0.1, -0.05) is 55.3 Å². The standard InChI is InChI=1S/C26H33N5OS/c1-19-13-14-23(15-20(19)2)31-18-27-29-26(31)33-17-25(32)28-24-12-8-7-9-21(24)16-30(3)22-10-5-4-6-11-22/h7-9,12-15,18,22H,4-6,10-11,16-17H2,1-3H3,(H,28,32). The summed E-state index contributed by atoms with van der Waals surface area (Å²) in [4.78, 5) is 15.2. The van der Waals surface area contributed by atoms with Crippen LogP contribution < -0.4 is 5.32 Å². The topological polar surface area (TPSA) is 63.1 Å². The molecule has 1 aromatic heterocycles. The Labute approximate surface area is 200 Å². The molecule has 0 spiro atoms. The molecule has 33 heavy (non-hydrogen) atoms. The number of anilines is 1. The minimum Gasteiger partial charge on any atom is -0.325 e. The summed E-state index contributed by atoms with van der Waals surface area (Å²) in [6.45, 7) is 5.03. The Bertz CT molecular complexity index is 1090. The molecule has 3 aromatic rings. The summed E-state index contributed by atoms with van der Waals surface area (Å²) in [7, 11) is 2.20. The molecule has 4 rings (SSSR count). The van der Waals surface area contributed by atoms with Crippen LogP contribution in [0.15, 0.2) is 53.9 Å². The second-order valence-electron chi connectivity index (χ2n) is 8.95. The van der Waals surface area contributed by atoms with Crippen molar-refractivity contribution in [2.75, 3.05) is 18.1 Å². The Morgan fingerprint density at radius 3 is 2.70 bits per heavy atom. The van der Waals surface area contributed by atoms with Gasteiger partial charge in [-0.2, -0.15) is 0 Å². The Morgan fingerprint density at radius 2 is 1.91 bits per heavy atom. The van der Waals surface area contributed by atoms with Gasteiger partial charge >= 0.3 is 0 Å². The molecule has 1 aliphatic carbocycles. The fourth-order valence-corrected chi connectivity index (χ4v) is 5.12. The van der Waals surface area contributed by atoms with E-state index in [0.717, 1.165) is 23.5 Å². The van der Waals surface area contributed by atoms with E-state index in [1.165, 1.54) is 55.0 Å². The van der Waals surface area contributed by atoms with Gasteiger partial charge in [0.05, 0.1) is 5.75 Å². The zero-order valence-corrected chi connectivity index (χ0v) is 20.6. The number of aromatic nitrogens is 3. The third-order valence-electron chi connectivity index (χ3n) is 6.53. The van der Waals surface area contributed by atoms with E-state index in [2.05, 4.69) is 65.6 Å². The van der Waals surface area contributed by atoms with Gasteiger partial charge in [0.15, 0.2) is 5.16 Å². The zero-order valence-electron chi connectivity index (χ0n) is 19.8. The molecule has 0 atom stereocenters. The van der Waals surface area contributed by atoms with Crippen molar-refractivity contribution in [2.45, 2.75) is 63.7 Å². The van der Waals surface area contributed by atoms with Gasteiger partial charge in [0.1, 0.15) is 6.33 Å². The van der Waals surface area contributed by atoms with Crippen LogP contribution in [0.2, 0.25) is 0 Å².